The Morgan fingerprint density at radius 1 is 1.00 bits per heavy atom. The Hall–Kier alpha value is -3.08. The predicted octanol–water partition coefficient (Wildman–Crippen LogP) is 2.98. The van der Waals surface area contributed by atoms with Crippen LogP contribution in [0.15, 0.2) is 73.2 Å². The summed E-state index contributed by atoms with van der Waals surface area (Å²) >= 11 is 0. The number of nitrogens with zero attached hydrogens (tertiary/aromatic N) is 2. The maximum Gasteiger partial charge on any atom is 0.411 e. The monoisotopic (exact) mass is 293 g/mol. The molecule has 0 fully saturated rings. The third-order valence-corrected chi connectivity index (χ3v) is 3.34. The summed E-state index contributed by atoms with van der Waals surface area (Å²) in [6.07, 6.45) is 2.24. The van der Waals surface area contributed by atoms with Crippen molar-refractivity contribution in [2.24, 2.45) is 5.73 Å². The molecule has 1 aromatic heterocycles. The van der Waals surface area contributed by atoms with E-state index >= 15 is 0 Å². The lowest BCUT2D eigenvalue weighted by Crippen LogP contribution is -2.20. The smallest absolute Gasteiger partial charge is 0.391 e. The van der Waals surface area contributed by atoms with E-state index in [1.54, 1.807) is 10.9 Å². The summed E-state index contributed by atoms with van der Waals surface area (Å²) in [6, 6.07) is 19.7. The first-order valence-electron chi connectivity index (χ1n) is 6.84. The SMILES string of the molecule is NC(=O)Oc1cncn1C(c1ccccc1)c1ccccc1. The van der Waals surface area contributed by atoms with Gasteiger partial charge in [-0.15, -0.1) is 0 Å². The molecule has 1 heterocycles. The predicted molar refractivity (Wildman–Crippen MR) is 82.6 cm³/mol. The Bertz CT molecular complexity index is 714. The maximum absolute atomic E-state index is 11.1. The highest BCUT2D eigenvalue weighted by Crippen LogP contribution is 2.30. The van der Waals surface area contributed by atoms with Gasteiger partial charge < -0.3 is 10.5 Å². The Morgan fingerprint density at radius 3 is 2.05 bits per heavy atom. The molecule has 1 amide bonds. The minimum atomic E-state index is -0.860. The number of ether oxygens (including phenoxy) is 1. The molecule has 110 valence electrons. The second kappa shape index (κ2) is 6.13. The average Bonchev–Trinajstić information content (AvgIpc) is 2.97. The number of primary amides is 1. The zero-order valence-electron chi connectivity index (χ0n) is 11.8. The van der Waals surface area contributed by atoms with E-state index in [0.717, 1.165) is 11.1 Å². The highest BCUT2D eigenvalue weighted by atomic mass is 16.6. The normalized spacial score (nSPS) is 10.6. The van der Waals surface area contributed by atoms with Gasteiger partial charge in [0.2, 0.25) is 5.88 Å². The summed E-state index contributed by atoms with van der Waals surface area (Å²) in [5.41, 5.74) is 7.24. The first-order chi connectivity index (χ1) is 10.8. The molecule has 0 aliphatic carbocycles. The number of nitrogens with two attached hydrogens (primary N) is 1. The van der Waals surface area contributed by atoms with E-state index in [2.05, 4.69) is 4.98 Å². The van der Waals surface area contributed by atoms with Crippen LogP contribution in [-0.2, 0) is 0 Å². The standard InChI is InChI=1S/C17H15N3O2/c18-17(21)22-15-11-19-12-20(15)16(13-7-3-1-4-8-13)14-9-5-2-6-10-14/h1-12,16H,(H2,18,21). The van der Waals surface area contributed by atoms with Gasteiger partial charge in [-0.2, -0.15) is 0 Å². The molecular formula is C17H15N3O2. The number of imidazole rings is 1. The molecule has 2 aromatic carbocycles. The lowest BCUT2D eigenvalue weighted by Gasteiger charge is -2.21. The molecule has 0 radical (unpaired) electrons. The fraction of sp³-hybridized carbons (Fsp3) is 0.0588. The van der Waals surface area contributed by atoms with Crippen LogP contribution in [0.5, 0.6) is 5.88 Å². The van der Waals surface area contributed by atoms with Gasteiger partial charge >= 0.3 is 6.09 Å². The highest BCUT2D eigenvalue weighted by Gasteiger charge is 2.20. The quantitative estimate of drug-likeness (QED) is 0.804. The molecule has 0 saturated heterocycles. The number of carbonyl (C=O) groups excluding carboxylic acids is 1. The van der Waals surface area contributed by atoms with Crippen molar-refractivity contribution in [2.75, 3.05) is 0 Å². The van der Waals surface area contributed by atoms with Crippen molar-refractivity contribution in [2.45, 2.75) is 6.04 Å². The largest absolute Gasteiger partial charge is 0.411 e. The Balaban J connectivity index is 2.11. The molecule has 5 heteroatoms. The van der Waals surface area contributed by atoms with Gasteiger partial charge in [-0.3, -0.25) is 4.57 Å². The van der Waals surface area contributed by atoms with Crippen LogP contribution < -0.4 is 10.5 Å². The van der Waals surface area contributed by atoms with Gasteiger partial charge in [0, 0.05) is 0 Å². The van der Waals surface area contributed by atoms with Gasteiger partial charge in [-0.1, -0.05) is 60.7 Å². The molecule has 5 nitrogen and oxygen atoms in total. The first-order valence-corrected chi connectivity index (χ1v) is 6.84. The molecule has 22 heavy (non-hydrogen) atoms. The summed E-state index contributed by atoms with van der Waals surface area (Å²) in [5, 5.41) is 0. The molecule has 2 N–H and O–H groups in total. The summed E-state index contributed by atoms with van der Waals surface area (Å²) in [4.78, 5) is 15.2. The number of hydrogen-bond acceptors (Lipinski definition) is 3. The van der Waals surface area contributed by atoms with E-state index < -0.39 is 6.09 Å². The molecular weight excluding hydrogens is 278 g/mol. The average molecular weight is 293 g/mol. The number of carbonyl (C=O) groups is 1. The van der Waals surface area contributed by atoms with Crippen LogP contribution in [0.25, 0.3) is 0 Å². The van der Waals surface area contributed by atoms with Gasteiger partial charge in [0.05, 0.1) is 18.6 Å². The molecule has 0 saturated carbocycles. The van der Waals surface area contributed by atoms with E-state index in [1.807, 2.05) is 60.7 Å². The number of hydrogen-bond donors (Lipinski definition) is 1. The summed E-state index contributed by atoms with van der Waals surface area (Å²) in [5.74, 6) is 0.310. The lowest BCUT2D eigenvalue weighted by molar-refractivity contribution is 0.206. The highest BCUT2D eigenvalue weighted by molar-refractivity contribution is 5.67. The summed E-state index contributed by atoms with van der Waals surface area (Å²) < 4.78 is 6.84. The third-order valence-electron chi connectivity index (χ3n) is 3.34. The van der Waals surface area contributed by atoms with Crippen molar-refractivity contribution < 1.29 is 9.53 Å². The fourth-order valence-electron chi connectivity index (χ4n) is 2.45. The Kier molecular flexibility index (Phi) is 3.87. The van der Waals surface area contributed by atoms with Crippen LogP contribution in [0.2, 0.25) is 0 Å². The minimum Gasteiger partial charge on any atom is -0.391 e. The number of aromatic nitrogens is 2. The van der Waals surface area contributed by atoms with Crippen LogP contribution in [0.3, 0.4) is 0 Å². The van der Waals surface area contributed by atoms with Crippen molar-refractivity contribution in [3.63, 3.8) is 0 Å². The van der Waals surface area contributed by atoms with Crippen molar-refractivity contribution in [1.29, 1.82) is 0 Å². The van der Waals surface area contributed by atoms with Crippen molar-refractivity contribution in [1.82, 2.24) is 9.55 Å². The molecule has 3 rings (SSSR count). The van der Waals surface area contributed by atoms with Crippen molar-refractivity contribution in [3.8, 4) is 5.88 Å². The maximum atomic E-state index is 11.1. The Labute approximate surface area is 128 Å². The van der Waals surface area contributed by atoms with Gasteiger partial charge in [-0.25, -0.2) is 9.78 Å². The molecule has 0 aliphatic heterocycles. The molecule has 0 bridgehead atoms. The second-order valence-corrected chi connectivity index (χ2v) is 4.78. The van der Waals surface area contributed by atoms with Crippen LogP contribution in [0.4, 0.5) is 4.79 Å². The second-order valence-electron chi connectivity index (χ2n) is 4.78. The van der Waals surface area contributed by atoms with Crippen LogP contribution in [0, 0.1) is 0 Å². The van der Waals surface area contributed by atoms with Crippen LogP contribution in [-0.4, -0.2) is 15.6 Å². The van der Waals surface area contributed by atoms with Crippen molar-refractivity contribution >= 4 is 6.09 Å². The van der Waals surface area contributed by atoms with E-state index in [1.165, 1.54) is 6.20 Å². The molecule has 3 aromatic rings. The fourth-order valence-corrected chi connectivity index (χ4v) is 2.45. The summed E-state index contributed by atoms with van der Waals surface area (Å²) in [6.45, 7) is 0. The van der Waals surface area contributed by atoms with E-state index in [9.17, 15) is 4.79 Å². The number of benzene rings is 2. The lowest BCUT2D eigenvalue weighted by atomic mass is 9.98. The van der Waals surface area contributed by atoms with Gasteiger partial charge in [0.25, 0.3) is 0 Å². The van der Waals surface area contributed by atoms with E-state index in [-0.39, 0.29) is 6.04 Å². The van der Waals surface area contributed by atoms with E-state index in [4.69, 9.17) is 10.5 Å². The topological polar surface area (TPSA) is 70.1 Å². The van der Waals surface area contributed by atoms with Crippen LogP contribution >= 0.6 is 0 Å². The van der Waals surface area contributed by atoms with Gasteiger partial charge in [0.1, 0.15) is 0 Å². The van der Waals surface area contributed by atoms with Gasteiger partial charge in [0.15, 0.2) is 0 Å². The Morgan fingerprint density at radius 2 is 1.55 bits per heavy atom. The zero-order valence-corrected chi connectivity index (χ0v) is 11.8. The van der Waals surface area contributed by atoms with E-state index in [0.29, 0.717) is 5.88 Å². The van der Waals surface area contributed by atoms with Gasteiger partial charge in [-0.05, 0) is 11.1 Å². The molecule has 0 atom stereocenters. The minimum absolute atomic E-state index is 0.153. The van der Waals surface area contributed by atoms with Crippen molar-refractivity contribution in [3.05, 3.63) is 84.3 Å². The zero-order chi connectivity index (χ0) is 15.4. The number of amides is 1. The first kappa shape index (κ1) is 13.9. The summed E-state index contributed by atoms with van der Waals surface area (Å²) in [7, 11) is 0. The molecule has 0 aliphatic rings. The third kappa shape index (κ3) is 2.83. The number of rotatable bonds is 4. The molecule has 0 unspecified atom stereocenters. The van der Waals surface area contributed by atoms with Crippen LogP contribution in [0.1, 0.15) is 17.2 Å². The molecule has 0 spiro atoms.